The van der Waals surface area contributed by atoms with E-state index >= 15 is 0 Å². The third-order valence-corrected chi connectivity index (χ3v) is 5.65. The van der Waals surface area contributed by atoms with E-state index in [1.807, 2.05) is 6.92 Å². The van der Waals surface area contributed by atoms with Crippen molar-refractivity contribution >= 4 is 28.2 Å². The minimum absolute atomic E-state index is 0.0448. The number of aryl methyl sites for hydroxylation is 1. The van der Waals surface area contributed by atoms with Gasteiger partial charge in [-0.05, 0) is 50.0 Å². The summed E-state index contributed by atoms with van der Waals surface area (Å²) >= 11 is 1.56. The molecule has 1 aromatic rings. The van der Waals surface area contributed by atoms with Gasteiger partial charge in [0.15, 0.2) is 0 Å². The molecule has 120 valence electrons. The normalized spacial score (nSPS) is 19.4. The van der Waals surface area contributed by atoms with Gasteiger partial charge in [-0.25, -0.2) is 4.79 Å². The van der Waals surface area contributed by atoms with Gasteiger partial charge in [0.05, 0.1) is 12.2 Å². The van der Waals surface area contributed by atoms with Crippen molar-refractivity contribution in [1.29, 1.82) is 0 Å². The van der Waals surface area contributed by atoms with E-state index in [0.29, 0.717) is 17.2 Å². The van der Waals surface area contributed by atoms with Gasteiger partial charge in [-0.2, -0.15) is 0 Å². The second kappa shape index (κ2) is 5.69. The molecule has 0 bridgehead atoms. The van der Waals surface area contributed by atoms with Gasteiger partial charge in [-0.15, -0.1) is 11.3 Å². The number of anilines is 1. The largest absolute Gasteiger partial charge is 0.462 e. The average Bonchev–Trinajstić information content (AvgIpc) is 3.21. The van der Waals surface area contributed by atoms with Crippen LogP contribution >= 0.6 is 11.3 Å². The van der Waals surface area contributed by atoms with E-state index in [-0.39, 0.29) is 23.2 Å². The predicted molar refractivity (Wildman–Crippen MR) is 87.4 cm³/mol. The summed E-state index contributed by atoms with van der Waals surface area (Å²) < 4.78 is 5.24. The lowest BCUT2D eigenvalue weighted by Crippen LogP contribution is -2.23. The number of ether oxygens (including phenoxy) is 1. The Bertz CT molecular complexity index is 614. The van der Waals surface area contributed by atoms with Crippen molar-refractivity contribution in [3.8, 4) is 0 Å². The summed E-state index contributed by atoms with van der Waals surface area (Å²) in [4.78, 5) is 25.7. The molecule has 2 aliphatic rings. The highest BCUT2D eigenvalue weighted by atomic mass is 32.1. The third kappa shape index (κ3) is 3.05. The van der Waals surface area contributed by atoms with Gasteiger partial charge in [0, 0.05) is 10.8 Å². The van der Waals surface area contributed by atoms with Crippen molar-refractivity contribution in [2.75, 3.05) is 11.9 Å². The van der Waals surface area contributed by atoms with Crippen molar-refractivity contribution < 1.29 is 14.3 Å². The molecule has 1 amide bonds. The Balaban J connectivity index is 1.96. The van der Waals surface area contributed by atoms with E-state index in [1.54, 1.807) is 11.3 Å². The summed E-state index contributed by atoms with van der Waals surface area (Å²) in [5, 5.41) is 3.67. The highest BCUT2D eigenvalue weighted by molar-refractivity contribution is 7.17. The first kappa shape index (κ1) is 15.5. The van der Waals surface area contributed by atoms with Crippen LogP contribution in [0.2, 0.25) is 0 Å². The molecular formula is C17H23NO3S. The van der Waals surface area contributed by atoms with Gasteiger partial charge >= 0.3 is 5.97 Å². The molecule has 1 fully saturated rings. The Hall–Kier alpha value is -1.36. The quantitative estimate of drug-likeness (QED) is 0.859. The first-order valence-corrected chi connectivity index (χ1v) is 8.85. The molecule has 0 atom stereocenters. The number of carbonyl (C=O) groups is 2. The lowest BCUT2D eigenvalue weighted by atomic mass is 9.76. The smallest absolute Gasteiger partial charge is 0.341 e. The van der Waals surface area contributed by atoms with E-state index < -0.39 is 0 Å². The van der Waals surface area contributed by atoms with Crippen LogP contribution in [0.25, 0.3) is 0 Å². The van der Waals surface area contributed by atoms with E-state index in [9.17, 15) is 9.59 Å². The van der Waals surface area contributed by atoms with Crippen LogP contribution in [0.1, 0.15) is 60.8 Å². The van der Waals surface area contributed by atoms with Crippen LogP contribution < -0.4 is 5.32 Å². The van der Waals surface area contributed by atoms with Gasteiger partial charge in [-0.3, -0.25) is 4.79 Å². The molecule has 0 aromatic carbocycles. The molecule has 2 aliphatic carbocycles. The molecule has 0 spiro atoms. The highest BCUT2D eigenvalue weighted by Gasteiger charge is 2.35. The maximum absolute atomic E-state index is 12.4. The van der Waals surface area contributed by atoms with Crippen LogP contribution in [0.15, 0.2) is 0 Å². The summed E-state index contributed by atoms with van der Waals surface area (Å²) in [5.41, 5.74) is 1.88. The van der Waals surface area contributed by atoms with Crippen LogP contribution in [0, 0.1) is 11.3 Å². The topological polar surface area (TPSA) is 55.4 Å². The van der Waals surface area contributed by atoms with E-state index in [4.69, 9.17) is 4.74 Å². The van der Waals surface area contributed by atoms with Gasteiger partial charge in [0.2, 0.25) is 5.91 Å². The number of amides is 1. The fourth-order valence-electron chi connectivity index (χ4n) is 2.99. The molecule has 3 rings (SSSR count). The second-order valence-electron chi connectivity index (χ2n) is 7.03. The third-order valence-electron chi connectivity index (χ3n) is 4.44. The number of hydrogen-bond acceptors (Lipinski definition) is 4. The first-order chi connectivity index (χ1) is 10.4. The first-order valence-electron chi connectivity index (χ1n) is 8.04. The SMILES string of the molecule is CCOC(=O)c1c(NC(=O)C2CC2)sc2c1CC(C)(C)CC2. The maximum atomic E-state index is 12.4. The number of fused-ring (bicyclic) bond motifs is 1. The molecule has 0 unspecified atom stereocenters. The van der Waals surface area contributed by atoms with Crippen molar-refractivity contribution in [3.63, 3.8) is 0 Å². The Labute approximate surface area is 135 Å². The number of thiophene rings is 1. The molecule has 1 aromatic heterocycles. The molecule has 1 N–H and O–H groups in total. The summed E-state index contributed by atoms with van der Waals surface area (Å²) in [5.74, 6) is -0.127. The van der Waals surface area contributed by atoms with Gasteiger partial charge in [0.25, 0.3) is 0 Å². The number of carbonyl (C=O) groups excluding carboxylic acids is 2. The van der Waals surface area contributed by atoms with Gasteiger partial charge < -0.3 is 10.1 Å². The summed E-state index contributed by atoms with van der Waals surface area (Å²) in [7, 11) is 0. The van der Waals surface area contributed by atoms with E-state index in [0.717, 1.165) is 37.7 Å². The van der Waals surface area contributed by atoms with Crippen molar-refractivity contribution in [1.82, 2.24) is 0 Å². The number of nitrogens with one attached hydrogen (secondary N) is 1. The number of esters is 1. The lowest BCUT2D eigenvalue weighted by molar-refractivity contribution is -0.117. The predicted octanol–water partition coefficient (Wildman–Crippen LogP) is 3.79. The fraction of sp³-hybridized carbons (Fsp3) is 0.647. The Morgan fingerprint density at radius 2 is 2.09 bits per heavy atom. The zero-order chi connectivity index (χ0) is 15.9. The fourth-order valence-corrected chi connectivity index (χ4v) is 4.19. The number of hydrogen-bond donors (Lipinski definition) is 1. The van der Waals surface area contributed by atoms with Crippen LogP contribution in [-0.2, 0) is 22.4 Å². The summed E-state index contributed by atoms with van der Waals surface area (Å²) in [6.45, 7) is 6.61. The van der Waals surface area contributed by atoms with Gasteiger partial charge in [0.1, 0.15) is 5.00 Å². The molecule has 1 saturated carbocycles. The summed E-state index contributed by atoms with van der Waals surface area (Å²) in [6.07, 6.45) is 4.86. The zero-order valence-electron chi connectivity index (χ0n) is 13.5. The van der Waals surface area contributed by atoms with Crippen LogP contribution in [0.4, 0.5) is 5.00 Å². The minimum Gasteiger partial charge on any atom is -0.462 e. The van der Waals surface area contributed by atoms with Crippen molar-refractivity contribution in [3.05, 3.63) is 16.0 Å². The summed E-state index contributed by atoms with van der Waals surface area (Å²) in [6, 6.07) is 0. The Kier molecular flexibility index (Phi) is 4.02. The average molecular weight is 321 g/mol. The second-order valence-corrected chi connectivity index (χ2v) is 8.14. The Morgan fingerprint density at radius 1 is 1.36 bits per heavy atom. The van der Waals surface area contributed by atoms with Crippen LogP contribution in [0.3, 0.4) is 0 Å². The molecule has 4 nitrogen and oxygen atoms in total. The van der Waals surface area contributed by atoms with Gasteiger partial charge in [-0.1, -0.05) is 13.8 Å². The minimum atomic E-state index is -0.302. The molecule has 22 heavy (non-hydrogen) atoms. The highest BCUT2D eigenvalue weighted by Crippen LogP contribution is 2.44. The van der Waals surface area contributed by atoms with Crippen LogP contribution in [-0.4, -0.2) is 18.5 Å². The number of rotatable bonds is 4. The van der Waals surface area contributed by atoms with Crippen LogP contribution in [0.5, 0.6) is 0 Å². The Morgan fingerprint density at radius 3 is 2.73 bits per heavy atom. The molecule has 5 heteroatoms. The molecule has 0 aliphatic heterocycles. The van der Waals surface area contributed by atoms with E-state index in [1.165, 1.54) is 4.88 Å². The molecule has 0 saturated heterocycles. The lowest BCUT2D eigenvalue weighted by Gasteiger charge is -2.29. The van der Waals surface area contributed by atoms with Crippen molar-refractivity contribution in [2.24, 2.45) is 11.3 Å². The molecule has 0 radical (unpaired) electrons. The van der Waals surface area contributed by atoms with E-state index in [2.05, 4.69) is 19.2 Å². The molecule has 1 heterocycles. The standard InChI is InChI=1S/C17H23NO3S/c1-4-21-16(20)13-11-9-17(2,3)8-7-12(11)22-15(13)18-14(19)10-5-6-10/h10H,4-9H2,1-3H3,(H,18,19). The molecular weight excluding hydrogens is 298 g/mol. The zero-order valence-corrected chi connectivity index (χ0v) is 14.3. The monoisotopic (exact) mass is 321 g/mol. The van der Waals surface area contributed by atoms with Crippen molar-refractivity contribution in [2.45, 2.75) is 52.9 Å². The maximum Gasteiger partial charge on any atom is 0.341 e.